The summed E-state index contributed by atoms with van der Waals surface area (Å²) in [5.74, 6) is 0.721. The Morgan fingerprint density at radius 3 is 2.90 bits per heavy atom. The third-order valence-electron chi connectivity index (χ3n) is 3.40. The average Bonchev–Trinajstić information content (AvgIpc) is 3.11. The highest BCUT2D eigenvalue weighted by Crippen LogP contribution is 2.28. The van der Waals surface area contributed by atoms with Crippen LogP contribution >= 0.6 is 11.3 Å². The number of rotatable bonds is 2. The van der Waals surface area contributed by atoms with E-state index in [1.807, 2.05) is 6.07 Å². The second-order valence-corrected chi connectivity index (χ2v) is 5.66. The van der Waals surface area contributed by atoms with Crippen LogP contribution in [0.1, 0.15) is 0 Å². The van der Waals surface area contributed by atoms with E-state index in [1.165, 1.54) is 22.2 Å². The predicted molar refractivity (Wildman–Crippen MR) is 83.6 cm³/mol. The van der Waals surface area contributed by atoms with Crippen LogP contribution in [-0.2, 0) is 0 Å². The first kappa shape index (κ1) is 12.0. The molecule has 0 amide bonds. The number of thiophene rings is 1. The molecule has 0 fully saturated rings. The number of aromatic nitrogens is 2. The van der Waals surface area contributed by atoms with Crippen molar-refractivity contribution in [3.63, 3.8) is 0 Å². The molecule has 2 heterocycles. The van der Waals surface area contributed by atoms with Crippen LogP contribution in [0.15, 0.2) is 47.8 Å². The quantitative estimate of drug-likeness (QED) is 0.441. The molecular formula is C15H9N3O2S. The predicted octanol–water partition coefficient (Wildman–Crippen LogP) is 4.35. The number of nitrogens with zero attached hydrogens (tertiary/aromatic N) is 2. The molecule has 4 aromatic rings. The van der Waals surface area contributed by atoms with Crippen LogP contribution in [0, 0.1) is 10.1 Å². The minimum atomic E-state index is -0.405. The molecule has 2 aromatic heterocycles. The Hall–Kier alpha value is -2.73. The first-order valence-corrected chi connectivity index (χ1v) is 7.20. The van der Waals surface area contributed by atoms with Gasteiger partial charge in [0.2, 0.25) is 0 Å². The van der Waals surface area contributed by atoms with Gasteiger partial charge in [-0.1, -0.05) is 0 Å². The maximum atomic E-state index is 10.8. The van der Waals surface area contributed by atoms with Crippen LogP contribution < -0.4 is 0 Å². The monoisotopic (exact) mass is 295 g/mol. The molecule has 0 spiro atoms. The summed E-state index contributed by atoms with van der Waals surface area (Å²) in [6, 6.07) is 12.8. The molecular weight excluding hydrogens is 286 g/mol. The van der Waals surface area contributed by atoms with Gasteiger partial charge in [-0.05, 0) is 41.1 Å². The summed E-state index contributed by atoms with van der Waals surface area (Å²) in [6.07, 6.45) is 0. The fourth-order valence-corrected chi connectivity index (χ4v) is 3.13. The van der Waals surface area contributed by atoms with E-state index in [1.54, 1.807) is 17.4 Å². The van der Waals surface area contributed by atoms with Gasteiger partial charge in [0.1, 0.15) is 5.82 Å². The van der Waals surface area contributed by atoms with Gasteiger partial charge in [0, 0.05) is 22.4 Å². The molecule has 0 bridgehead atoms. The fraction of sp³-hybridized carbons (Fsp3) is 0. The maximum absolute atomic E-state index is 10.8. The lowest BCUT2D eigenvalue weighted by Crippen LogP contribution is -1.86. The number of nitro groups is 1. The first-order chi connectivity index (χ1) is 10.2. The summed E-state index contributed by atoms with van der Waals surface area (Å²) in [5.41, 5.74) is 2.43. The van der Waals surface area contributed by atoms with E-state index in [0.29, 0.717) is 5.52 Å². The Bertz CT molecular complexity index is 987. The smallest absolute Gasteiger partial charge is 0.271 e. The lowest BCUT2D eigenvalue weighted by Gasteiger charge is -1.96. The number of benzene rings is 2. The first-order valence-electron chi connectivity index (χ1n) is 6.32. The van der Waals surface area contributed by atoms with Gasteiger partial charge < -0.3 is 4.98 Å². The Morgan fingerprint density at radius 1 is 1.14 bits per heavy atom. The standard InChI is InChI=1S/C15H9N3O2S/c19-18(20)11-2-3-12-13(8-11)17-15(16-12)10-1-4-14-9(7-10)5-6-21-14/h1-8H,(H,16,17). The number of imidazole rings is 1. The number of nitro benzene ring substituents is 1. The van der Waals surface area contributed by atoms with Gasteiger partial charge in [0.25, 0.3) is 5.69 Å². The minimum absolute atomic E-state index is 0.0611. The van der Waals surface area contributed by atoms with Crippen molar-refractivity contribution in [2.24, 2.45) is 0 Å². The van der Waals surface area contributed by atoms with Crippen LogP contribution in [0.4, 0.5) is 5.69 Å². The van der Waals surface area contributed by atoms with Crippen molar-refractivity contribution in [2.75, 3.05) is 0 Å². The van der Waals surface area contributed by atoms with Crippen molar-refractivity contribution >= 4 is 38.1 Å². The molecule has 2 aromatic carbocycles. The largest absolute Gasteiger partial charge is 0.338 e. The molecule has 21 heavy (non-hydrogen) atoms. The fourth-order valence-electron chi connectivity index (χ4n) is 2.36. The van der Waals surface area contributed by atoms with Crippen molar-refractivity contribution in [3.05, 3.63) is 58.0 Å². The third-order valence-corrected chi connectivity index (χ3v) is 4.30. The topological polar surface area (TPSA) is 71.8 Å². The SMILES string of the molecule is O=[N+]([O-])c1ccc2nc(-c3ccc4sccc4c3)[nH]c2c1. The van der Waals surface area contributed by atoms with E-state index in [0.717, 1.165) is 16.9 Å². The van der Waals surface area contributed by atoms with Crippen molar-refractivity contribution < 1.29 is 4.92 Å². The minimum Gasteiger partial charge on any atom is -0.338 e. The van der Waals surface area contributed by atoms with Gasteiger partial charge in [-0.3, -0.25) is 10.1 Å². The molecule has 0 radical (unpaired) electrons. The third kappa shape index (κ3) is 1.96. The number of aromatic amines is 1. The molecule has 0 aliphatic rings. The second-order valence-electron chi connectivity index (χ2n) is 4.72. The summed E-state index contributed by atoms with van der Waals surface area (Å²) in [7, 11) is 0. The maximum Gasteiger partial charge on any atom is 0.271 e. The number of hydrogen-bond donors (Lipinski definition) is 1. The Labute approximate surface area is 123 Å². The van der Waals surface area contributed by atoms with Crippen molar-refractivity contribution in [3.8, 4) is 11.4 Å². The van der Waals surface area contributed by atoms with Gasteiger partial charge in [0.15, 0.2) is 0 Å². The Balaban J connectivity index is 1.87. The summed E-state index contributed by atoms with van der Waals surface area (Å²) in [6.45, 7) is 0. The average molecular weight is 295 g/mol. The zero-order chi connectivity index (χ0) is 14.4. The van der Waals surface area contributed by atoms with Crippen molar-refractivity contribution in [1.82, 2.24) is 9.97 Å². The zero-order valence-electron chi connectivity index (χ0n) is 10.7. The van der Waals surface area contributed by atoms with Gasteiger partial charge in [-0.2, -0.15) is 0 Å². The van der Waals surface area contributed by atoms with E-state index >= 15 is 0 Å². The zero-order valence-corrected chi connectivity index (χ0v) is 11.6. The van der Waals surface area contributed by atoms with Crippen LogP contribution in [-0.4, -0.2) is 14.9 Å². The number of non-ortho nitro benzene ring substituents is 1. The van der Waals surface area contributed by atoms with Crippen LogP contribution in [0.3, 0.4) is 0 Å². The van der Waals surface area contributed by atoms with Crippen LogP contribution in [0.25, 0.3) is 32.5 Å². The van der Waals surface area contributed by atoms with Crippen molar-refractivity contribution in [2.45, 2.75) is 0 Å². The van der Waals surface area contributed by atoms with E-state index in [4.69, 9.17) is 0 Å². The second kappa shape index (κ2) is 4.39. The van der Waals surface area contributed by atoms with E-state index < -0.39 is 4.92 Å². The summed E-state index contributed by atoms with van der Waals surface area (Å²) < 4.78 is 1.23. The van der Waals surface area contributed by atoms with Crippen LogP contribution in [0.5, 0.6) is 0 Å². The van der Waals surface area contributed by atoms with E-state index in [9.17, 15) is 10.1 Å². The molecule has 0 aliphatic heterocycles. The summed E-state index contributed by atoms with van der Waals surface area (Å²) in [4.78, 5) is 18.1. The number of nitrogens with one attached hydrogen (secondary N) is 1. The van der Waals surface area contributed by atoms with Gasteiger partial charge in [0.05, 0.1) is 16.0 Å². The Morgan fingerprint density at radius 2 is 2.05 bits per heavy atom. The van der Waals surface area contributed by atoms with E-state index in [-0.39, 0.29) is 5.69 Å². The van der Waals surface area contributed by atoms with Crippen molar-refractivity contribution in [1.29, 1.82) is 0 Å². The number of fused-ring (bicyclic) bond motifs is 2. The van der Waals surface area contributed by atoms with Gasteiger partial charge >= 0.3 is 0 Å². The lowest BCUT2D eigenvalue weighted by molar-refractivity contribution is -0.384. The number of hydrogen-bond acceptors (Lipinski definition) is 4. The van der Waals surface area contributed by atoms with Gasteiger partial charge in [-0.25, -0.2) is 4.98 Å². The van der Waals surface area contributed by atoms with E-state index in [2.05, 4.69) is 33.5 Å². The highest BCUT2D eigenvalue weighted by Gasteiger charge is 2.11. The van der Waals surface area contributed by atoms with Gasteiger partial charge in [-0.15, -0.1) is 11.3 Å². The van der Waals surface area contributed by atoms with Crippen LogP contribution in [0.2, 0.25) is 0 Å². The number of H-pyrrole nitrogens is 1. The highest BCUT2D eigenvalue weighted by molar-refractivity contribution is 7.17. The summed E-state index contributed by atoms with van der Waals surface area (Å²) in [5, 5.41) is 14.0. The normalized spacial score (nSPS) is 11.2. The molecule has 102 valence electrons. The Kier molecular flexibility index (Phi) is 2.52. The molecule has 0 aliphatic carbocycles. The molecule has 5 nitrogen and oxygen atoms in total. The molecule has 4 rings (SSSR count). The molecule has 0 saturated carbocycles. The molecule has 0 saturated heterocycles. The molecule has 6 heteroatoms. The lowest BCUT2D eigenvalue weighted by atomic mass is 10.1. The molecule has 1 N–H and O–H groups in total. The molecule has 0 unspecified atom stereocenters. The molecule has 0 atom stereocenters. The highest BCUT2D eigenvalue weighted by atomic mass is 32.1. The summed E-state index contributed by atoms with van der Waals surface area (Å²) >= 11 is 1.70.